The molecule has 4 rings (SSSR count). The third-order valence-corrected chi connectivity index (χ3v) is 5.40. The van der Waals surface area contributed by atoms with Crippen molar-refractivity contribution in [1.29, 1.82) is 0 Å². The monoisotopic (exact) mass is 407 g/mol. The Bertz CT molecular complexity index is 1120. The number of carbonyl (C=O) groups excluding carboxylic acids is 2. The van der Waals surface area contributed by atoms with Gasteiger partial charge in [0, 0.05) is 24.5 Å². The Hall–Kier alpha value is -3.42. The predicted octanol–water partition coefficient (Wildman–Crippen LogP) is 2.91. The van der Waals surface area contributed by atoms with Gasteiger partial charge in [-0.25, -0.2) is 14.3 Å². The lowest BCUT2D eigenvalue weighted by molar-refractivity contribution is -0.115. The van der Waals surface area contributed by atoms with Crippen molar-refractivity contribution in [2.45, 2.75) is 33.6 Å². The molecular weight excluding hydrogens is 382 g/mol. The summed E-state index contributed by atoms with van der Waals surface area (Å²) in [6.45, 7) is 7.32. The molecule has 0 unspecified atom stereocenters. The Kier molecular flexibility index (Phi) is 5.39. The van der Waals surface area contributed by atoms with Gasteiger partial charge in [-0.15, -0.1) is 0 Å². The molecule has 3 heterocycles. The highest BCUT2D eigenvalue weighted by atomic mass is 16.5. The van der Waals surface area contributed by atoms with E-state index in [1.165, 1.54) is 0 Å². The first-order chi connectivity index (χ1) is 14.5. The smallest absolute Gasteiger partial charge is 0.338 e. The highest BCUT2D eigenvalue weighted by molar-refractivity contribution is 6.03. The Morgan fingerprint density at radius 3 is 2.93 bits per heavy atom. The number of fused-ring (bicyclic) bond motifs is 2. The number of likely N-dealkylation sites (N-methyl/N-ethyl adjacent to an activating group) is 1. The number of esters is 1. The van der Waals surface area contributed by atoms with Crippen LogP contribution in [0.5, 0.6) is 0 Å². The molecule has 1 aliphatic heterocycles. The lowest BCUT2D eigenvalue weighted by Crippen LogP contribution is -2.38. The van der Waals surface area contributed by atoms with Crippen LogP contribution in [0.3, 0.4) is 0 Å². The number of nitrogens with one attached hydrogen (secondary N) is 1. The van der Waals surface area contributed by atoms with Crippen LogP contribution in [0, 0.1) is 13.8 Å². The molecule has 0 atom stereocenters. The zero-order valence-corrected chi connectivity index (χ0v) is 17.4. The average molecular weight is 407 g/mol. The van der Waals surface area contributed by atoms with Gasteiger partial charge < -0.3 is 15.0 Å². The van der Waals surface area contributed by atoms with Crippen molar-refractivity contribution in [3.8, 4) is 0 Å². The molecule has 1 amide bonds. The number of amides is 1. The topological polar surface area (TPSA) is 88.8 Å². The second kappa shape index (κ2) is 8.14. The van der Waals surface area contributed by atoms with Gasteiger partial charge in [-0.2, -0.15) is 5.10 Å². The minimum absolute atomic E-state index is 0.0805. The molecule has 0 aliphatic carbocycles. The number of benzene rings is 1. The third-order valence-electron chi connectivity index (χ3n) is 5.40. The molecule has 156 valence electrons. The summed E-state index contributed by atoms with van der Waals surface area (Å²) in [5.41, 5.74) is 5.95. The van der Waals surface area contributed by atoms with E-state index in [0.29, 0.717) is 30.8 Å². The fourth-order valence-electron chi connectivity index (χ4n) is 3.62. The summed E-state index contributed by atoms with van der Waals surface area (Å²) in [5.74, 6) is -0.476. The normalized spacial score (nSPS) is 13.3. The fourth-order valence-corrected chi connectivity index (χ4v) is 3.62. The highest BCUT2D eigenvalue weighted by Crippen LogP contribution is 2.30. The number of rotatable bonds is 6. The van der Waals surface area contributed by atoms with Crippen molar-refractivity contribution in [3.05, 3.63) is 53.0 Å². The average Bonchev–Trinajstić information content (AvgIpc) is 3.02. The summed E-state index contributed by atoms with van der Waals surface area (Å²) in [4.78, 5) is 30.7. The molecule has 0 saturated carbocycles. The predicted molar refractivity (Wildman–Crippen MR) is 114 cm³/mol. The molecule has 8 nitrogen and oxygen atoms in total. The molecule has 1 aliphatic rings. The third kappa shape index (κ3) is 3.85. The fraction of sp³-hybridized carbons (Fsp3) is 0.364. The number of hydrogen-bond acceptors (Lipinski definition) is 6. The molecule has 8 heteroatoms. The van der Waals surface area contributed by atoms with Crippen LogP contribution in [0.15, 0.2) is 30.6 Å². The summed E-state index contributed by atoms with van der Waals surface area (Å²) in [5, 5.41) is 7.28. The van der Waals surface area contributed by atoms with Gasteiger partial charge in [-0.1, -0.05) is 0 Å². The van der Waals surface area contributed by atoms with E-state index >= 15 is 0 Å². The van der Waals surface area contributed by atoms with Gasteiger partial charge in [0.25, 0.3) is 0 Å². The van der Waals surface area contributed by atoms with E-state index in [1.807, 2.05) is 44.1 Å². The zero-order chi connectivity index (χ0) is 21.3. The van der Waals surface area contributed by atoms with Gasteiger partial charge in [-0.05, 0) is 57.4 Å². The Morgan fingerprint density at radius 1 is 1.30 bits per heavy atom. The molecule has 0 spiro atoms. The van der Waals surface area contributed by atoms with Gasteiger partial charge in [-0.3, -0.25) is 4.79 Å². The Labute approximate surface area is 174 Å². The minimum Gasteiger partial charge on any atom is -0.462 e. The van der Waals surface area contributed by atoms with Gasteiger partial charge in [0.15, 0.2) is 5.65 Å². The summed E-state index contributed by atoms with van der Waals surface area (Å²) in [6, 6.07) is 5.27. The molecule has 3 aromatic rings. The molecule has 30 heavy (non-hydrogen) atoms. The summed E-state index contributed by atoms with van der Waals surface area (Å²) in [7, 11) is 0. The molecule has 1 N–H and O–H groups in total. The molecule has 0 fully saturated rings. The zero-order valence-electron chi connectivity index (χ0n) is 17.4. The molecule has 0 radical (unpaired) electrons. The van der Waals surface area contributed by atoms with Crippen LogP contribution in [0.1, 0.15) is 40.5 Å². The molecule has 0 saturated heterocycles. The largest absolute Gasteiger partial charge is 0.462 e. The number of hydrogen-bond donors (Lipinski definition) is 1. The van der Waals surface area contributed by atoms with E-state index in [4.69, 9.17) is 4.74 Å². The van der Waals surface area contributed by atoms with E-state index in [2.05, 4.69) is 15.4 Å². The number of aryl methyl sites for hydroxylation is 3. The maximum absolute atomic E-state index is 12.4. The van der Waals surface area contributed by atoms with Crippen LogP contribution < -0.4 is 10.2 Å². The van der Waals surface area contributed by atoms with E-state index in [1.54, 1.807) is 16.6 Å². The van der Waals surface area contributed by atoms with E-state index < -0.39 is 5.97 Å². The SMILES string of the molecule is CCN1CC(=O)Nc2cc(C(=O)OCCCc3cnc4c(C)c(C)nn4c3)ccc21. The van der Waals surface area contributed by atoms with Crippen LogP contribution in [0.4, 0.5) is 11.4 Å². The van der Waals surface area contributed by atoms with Crippen LogP contribution in [-0.4, -0.2) is 46.2 Å². The van der Waals surface area contributed by atoms with E-state index in [0.717, 1.165) is 41.1 Å². The second-order valence-electron chi connectivity index (χ2n) is 7.47. The standard InChI is InChI=1S/C22H25N5O3/c1-4-26-13-20(28)24-18-10-17(7-8-19(18)26)22(29)30-9-5-6-16-11-23-21-14(2)15(3)25-27(21)12-16/h7-8,10-12H,4-6,9,13H2,1-3H3,(H,24,28). The summed E-state index contributed by atoms with van der Waals surface area (Å²) in [6.07, 6.45) is 5.23. The first-order valence-corrected chi connectivity index (χ1v) is 10.1. The minimum atomic E-state index is -0.396. The maximum Gasteiger partial charge on any atom is 0.338 e. The number of ether oxygens (including phenoxy) is 1. The van der Waals surface area contributed by atoms with Crippen molar-refractivity contribution in [3.63, 3.8) is 0 Å². The van der Waals surface area contributed by atoms with E-state index in [9.17, 15) is 9.59 Å². The number of aromatic nitrogens is 3. The van der Waals surface area contributed by atoms with Crippen molar-refractivity contribution >= 4 is 28.9 Å². The van der Waals surface area contributed by atoms with Crippen LogP contribution in [-0.2, 0) is 16.0 Å². The van der Waals surface area contributed by atoms with Gasteiger partial charge in [0.05, 0.1) is 35.8 Å². The summed E-state index contributed by atoms with van der Waals surface area (Å²) >= 11 is 0. The van der Waals surface area contributed by atoms with Gasteiger partial charge >= 0.3 is 5.97 Å². The lowest BCUT2D eigenvalue weighted by atomic mass is 10.1. The van der Waals surface area contributed by atoms with Crippen molar-refractivity contribution in [1.82, 2.24) is 14.6 Å². The number of nitrogens with zero attached hydrogens (tertiary/aromatic N) is 4. The quantitative estimate of drug-likeness (QED) is 0.499. The highest BCUT2D eigenvalue weighted by Gasteiger charge is 2.22. The van der Waals surface area contributed by atoms with Crippen molar-refractivity contribution < 1.29 is 14.3 Å². The number of anilines is 2. The van der Waals surface area contributed by atoms with Gasteiger partial charge in [0.2, 0.25) is 5.91 Å². The van der Waals surface area contributed by atoms with Crippen LogP contribution in [0.25, 0.3) is 5.65 Å². The summed E-state index contributed by atoms with van der Waals surface area (Å²) < 4.78 is 7.22. The first kappa shape index (κ1) is 19.9. The van der Waals surface area contributed by atoms with Crippen molar-refractivity contribution in [2.24, 2.45) is 0 Å². The second-order valence-corrected chi connectivity index (χ2v) is 7.47. The first-order valence-electron chi connectivity index (χ1n) is 10.1. The molecule has 0 bridgehead atoms. The lowest BCUT2D eigenvalue weighted by Gasteiger charge is -2.30. The maximum atomic E-state index is 12.4. The number of carbonyl (C=O) groups is 2. The Balaban J connectivity index is 1.34. The van der Waals surface area contributed by atoms with E-state index in [-0.39, 0.29) is 5.91 Å². The molecular formula is C22H25N5O3. The van der Waals surface area contributed by atoms with Crippen LogP contribution in [0.2, 0.25) is 0 Å². The van der Waals surface area contributed by atoms with Crippen LogP contribution >= 0.6 is 0 Å². The van der Waals surface area contributed by atoms with Crippen molar-refractivity contribution in [2.75, 3.05) is 29.9 Å². The molecule has 1 aromatic carbocycles. The Morgan fingerprint density at radius 2 is 2.13 bits per heavy atom. The molecule has 2 aromatic heterocycles. The van der Waals surface area contributed by atoms with Gasteiger partial charge in [0.1, 0.15) is 0 Å².